The zero-order valence-corrected chi connectivity index (χ0v) is 12.6. The second-order valence-corrected chi connectivity index (χ2v) is 8.33. The Morgan fingerprint density at radius 1 is 1.25 bits per heavy atom. The number of hydrogen-bond donors (Lipinski definition) is 1. The standard InChI is InChI=1S/C15H22N2O2S/c1-17-10-11(9-16)8-15(17)12-2-4-13(5-3-12)20(18,19)14-6-7-14/h2-5,11,14-15H,6-10,16H2,1H3. The summed E-state index contributed by atoms with van der Waals surface area (Å²) in [5.41, 5.74) is 6.94. The van der Waals surface area contributed by atoms with E-state index in [1.807, 2.05) is 12.1 Å². The summed E-state index contributed by atoms with van der Waals surface area (Å²) < 4.78 is 24.3. The van der Waals surface area contributed by atoms with Crippen molar-refractivity contribution in [2.24, 2.45) is 11.7 Å². The van der Waals surface area contributed by atoms with Gasteiger partial charge < -0.3 is 5.73 Å². The monoisotopic (exact) mass is 294 g/mol. The fourth-order valence-electron chi connectivity index (χ4n) is 3.12. The highest BCUT2D eigenvalue weighted by Gasteiger charge is 2.37. The van der Waals surface area contributed by atoms with Gasteiger partial charge in [0.2, 0.25) is 0 Å². The van der Waals surface area contributed by atoms with Crippen LogP contribution in [-0.4, -0.2) is 38.7 Å². The third kappa shape index (κ3) is 2.50. The van der Waals surface area contributed by atoms with Crippen molar-refractivity contribution in [3.05, 3.63) is 29.8 Å². The van der Waals surface area contributed by atoms with Gasteiger partial charge in [-0.25, -0.2) is 8.42 Å². The van der Waals surface area contributed by atoms with Gasteiger partial charge in [-0.05, 0) is 56.5 Å². The SMILES string of the molecule is CN1CC(CN)CC1c1ccc(S(=O)(=O)C2CC2)cc1. The minimum atomic E-state index is -3.07. The molecule has 1 aliphatic carbocycles. The number of likely N-dealkylation sites (tertiary alicyclic amines) is 1. The average molecular weight is 294 g/mol. The van der Waals surface area contributed by atoms with Gasteiger partial charge in [-0.2, -0.15) is 0 Å². The zero-order chi connectivity index (χ0) is 14.3. The second-order valence-electron chi connectivity index (χ2n) is 6.11. The predicted molar refractivity (Wildman–Crippen MR) is 79.2 cm³/mol. The molecule has 0 radical (unpaired) electrons. The van der Waals surface area contributed by atoms with E-state index in [1.165, 1.54) is 5.56 Å². The fraction of sp³-hybridized carbons (Fsp3) is 0.600. The zero-order valence-electron chi connectivity index (χ0n) is 11.8. The number of nitrogens with two attached hydrogens (primary N) is 1. The molecule has 0 aromatic heterocycles. The van der Waals surface area contributed by atoms with Crippen molar-refractivity contribution in [2.75, 3.05) is 20.1 Å². The Balaban J connectivity index is 1.80. The number of nitrogens with zero attached hydrogens (tertiary/aromatic N) is 1. The average Bonchev–Trinajstić information content (AvgIpc) is 3.23. The number of hydrogen-bond acceptors (Lipinski definition) is 4. The second kappa shape index (κ2) is 5.13. The maximum Gasteiger partial charge on any atom is 0.181 e. The summed E-state index contributed by atoms with van der Waals surface area (Å²) in [5.74, 6) is 0.542. The lowest BCUT2D eigenvalue weighted by atomic mass is 10.00. The third-order valence-corrected chi connectivity index (χ3v) is 6.80. The molecule has 0 spiro atoms. The molecular weight excluding hydrogens is 272 g/mol. The summed E-state index contributed by atoms with van der Waals surface area (Å²) in [5, 5.41) is -0.135. The Bertz CT molecular complexity index is 578. The Morgan fingerprint density at radius 2 is 1.90 bits per heavy atom. The van der Waals surface area contributed by atoms with Gasteiger partial charge in [-0.3, -0.25) is 4.90 Å². The van der Waals surface area contributed by atoms with Gasteiger partial charge in [0.1, 0.15) is 0 Å². The minimum Gasteiger partial charge on any atom is -0.330 e. The lowest BCUT2D eigenvalue weighted by molar-refractivity contribution is 0.313. The van der Waals surface area contributed by atoms with Crippen LogP contribution >= 0.6 is 0 Å². The van der Waals surface area contributed by atoms with Gasteiger partial charge in [-0.15, -0.1) is 0 Å². The molecule has 2 fully saturated rings. The molecule has 1 saturated carbocycles. The van der Waals surface area contributed by atoms with Crippen molar-refractivity contribution in [1.29, 1.82) is 0 Å². The Hall–Kier alpha value is -0.910. The van der Waals surface area contributed by atoms with Gasteiger partial charge in [-0.1, -0.05) is 12.1 Å². The molecule has 110 valence electrons. The fourth-order valence-corrected chi connectivity index (χ4v) is 4.77. The summed E-state index contributed by atoms with van der Waals surface area (Å²) in [6, 6.07) is 7.84. The smallest absolute Gasteiger partial charge is 0.181 e. The van der Waals surface area contributed by atoms with Crippen molar-refractivity contribution in [3.63, 3.8) is 0 Å². The first-order valence-electron chi connectivity index (χ1n) is 7.26. The van der Waals surface area contributed by atoms with E-state index in [2.05, 4.69) is 11.9 Å². The largest absolute Gasteiger partial charge is 0.330 e. The highest BCUT2D eigenvalue weighted by molar-refractivity contribution is 7.92. The van der Waals surface area contributed by atoms with Gasteiger partial charge >= 0.3 is 0 Å². The third-order valence-electron chi connectivity index (χ3n) is 4.52. The molecule has 1 saturated heterocycles. The molecule has 2 unspecified atom stereocenters. The molecule has 1 aromatic carbocycles. The summed E-state index contributed by atoms with van der Waals surface area (Å²) in [6.45, 7) is 1.73. The first-order valence-corrected chi connectivity index (χ1v) is 8.81. The molecule has 1 heterocycles. The van der Waals surface area contributed by atoms with Gasteiger partial charge in [0.25, 0.3) is 0 Å². The van der Waals surface area contributed by atoms with E-state index in [4.69, 9.17) is 5.73 Å². The molecule has 4 nitrogen and oxygen atoms in total. The maximum absolute atomic E-state index is 12.2. The molecule has 0 bridgehead atoms. The molecule has 1 aromatic rings. The van der Waals surface area contributed by atoms with Gasteiger partial charge in [0.15, 0.2) is 9.84 Å². The summed E-state index contributed by atoms with van der Waals surface area (Å²) in [4.78, 5) is 2.78. The molecule has 2 atom stereocenters. The number of sulfone groups is 1. The Morgan fingerprint density at radius 3 is 2.40 bits per heavy atom. The van der Waals surface area contributed by atoms with E-state index in [0.29, 0.717) is 16.9 Å². The molecule has 2 N–H and O–H groups in total. The number of rotatable bonds is 4. The maximum atomic E-state index is 12.2. The van der Waals surface area contributed by atoms with Crippen LogP contribution in [0.3, 0.4) is 0 Å². The van der Waals surface area contributed by atoms with E-state index in [0.717, 1.165) is 32.4 Å². The van der Waals surface area contributed by atoms with Crippen LogP contribution in [0, 0.1) is 5.92 Å². The van der Waals surface area contributed by atoms with E-state index in [-0.39, 0.29) is 5.25 Å². The quantitative estimate of drug-likeness (QED) is 0.915. The van der Waals surface area contributed by atoms with Crippen molar-refractivity contribution in [1.82, 2.24) is 4.90 Å². The Kier molecular flexibility index (Phi) is 3.60. The Labute approximate surface area is 120 Å². The molecular formula is C15H22N2O2S. The van der Waals surface area contributed by atoms with Crippen LogP contribution in [0.2, 0.25) is 0 Å². The molecule has 0 amide bonds. The summed E-state index contributed by atoms with van der Waals surface area (Å²) >= 11 is 0. The van der Waals surface area contributed by atoms with Crippen molar-refractivity contribution in [2.45, 2.75) is 35.4 Å². The van der Waals surface area contributed by atoms with E-state index >= 15 is 0 Å². The first kappa shape index (κ1) is 14.0. The van der Waals surface area contributed by atoms with Crippen LogP contribution in [0.1, 0.15) is 30.9 Å². The van der Waals surface area contributed by atoms with E-state index in [1.54, 1.807) is 12.1 Å². The van der Waals surface area contributed by atoms with Crippen LogP contribution in [0.4, 0.5) is 0 Å². The predicted octanol–water partition coefficient (Wildman–Crippen LogP) is 1.57. The molecule has 20 heavy (non-hydrogen) atoms. The minimum absolute atomic E-state index is 0.135. The van der Waals surface area contributed by atoms with Crippen LogP contribution in [0.25, 0.3) is 0 Å². The molecule has 2 aliphatic rings. The van der Waals surface area contributed by atoms with E-state index < -0.39 is 9.84 Å². The number of benzene rings is 1. The van der Waals surface area contributed by atoms with Crippen molar-refractivity contribution in [3.8, 4) is 0 Å². The molecule has 5 heteroatoms. The summed E-state index contributed by atoms with van der Waals surface area (Å²) in [6.07, 6.45) is 2.68. The van der Waals surface area contributed by atoms with Crippen LogP contribution in [0.5, 0.6) is 0 Å². The highest BCUT2D eigenvalue weighted by atomic mass is 32.2. The first-order chi connectivity index (χ1) is 9.52. The normalized spacial score (nSPS) is 27.9. The van der Waals surface area contributed by atoms with Crippen LogP contribution in [0.15, 0.2) is 29.2 Å². The molecule has 3 rings (SSSR count). The lowest BCUT2D eigenvalue weighted by Crippen LogP contribution is -2.20. The van der Waals surface area contributed by atoms with Crippen molar-refractivity contribution < 1.29 is 8.42 Å². The van der Waals surface area contributed by atoms with Gasteiger partial charge in [0, 0.05) is 12.6 Å². The van der Waals surface area contributed by atoms with Gasteiger partial charge in [0.05, 0.1) is 10.1 Å². The summed E-state index contributed by atoms with van der Waals surface area (Å²) in [7, 11) is -0.962. The molecule has 1 aliphatic heterocycles. The van der Waals surface area contributed by atoms with Crippen molar-refractivity contribution >= 4 is 9.84 Å². The van der Waals surface area contributed by atoms with E-state index in [9.17, 15) is 8.42 Å². The highest BCUT2D eigenvalue weighted by Crippen LogP contribution is 2.36. The van der Waals surface area contributed by atoms with Crippen LogP contribution < -0.4 is 5.73 Å². The van der Waals surface area contributed by atoms with Crippen LogP contribution in [-0.2, 0) is 9.84 Å². The lowest BCUT2D eigenvalue weighted by Gasteiger charge is -2.19. The topological polar surface area (TPSA) is 63.4 Å².